The number of rotatable bonds is 3. The van der Waals surface area contributed by atoms with Gasteiger partial charge in [0.15, 0.2) is 0 Å². The molecule has 1 amide bonds. The summed E-state index contributed by atoms with van der Waals surface area (Å²) in [5, 5.41) is 6.04. The van der Waals surface area contributed by atoms with E-state index in [2.05, 4.69) is 15.5 Å². The van der Waals surface area contributed by atoms with Crippen LogP contribution in [-0.2, 0) is 4.79 Å². The molecule has 1 aliphatic rings. The molecule has 1 saturated heterocycles. The van der Waals surface area contributed by atoms with Gasteiger partial charge in [0, 0.05) is 12.6 Å². The van der Waals surface area contributed by atoms with Crippen molar-refractivity contribution in [1.82, 2.24) is 15.5 Å². The third kappa shape index (κ3) is 2.79. The fourth-order valence-electron chi connectivity index (χ4n) is 1.49. The second-order valence-corrected chi connectivity index (χ2v) is 3.35. The Morgan fingerprint density at radius 2 is 2.50 bits per heavy atom. The molecule has 12 heavy (non-hydrogen) atoms. The molecule has 1 atom stereocenters. The van der Waals surface area contributed by atoms with Gasteiger partial charge in [0.1, 0.15) is 0 Å². The first-order valence-electron chi connectivity index (χ1n) is 4.35. The van der Waals surface area contributed by atoms with Gasteiger partial charge >= 0.3 is 0 Å². The standard InChI is InChI=1S/C8H17N3O/c1-9-4-3-7-5-11(2)6-8(12)10-7/h7,9H,3-6H2,1-2H3,(H,10,12). The summed E-state index contributed by atoms with van der Waals surface area (Å²) in [5.41, 5.74) is 0. The van der Waals surface area contributed by atoms with Crippen LogP contribution in [0.1, 0.15) is 6.42 Å². The monoisotopic (exact) mass is 171 g/mol. The van der Waals surface area contributed by atoms with E-state index in [1.165, 1.54) is 0 Å². The van der Waals surface area contributed by atoms with E-state index in [0.29, 0.717) is 12.6 Å². The molecule has 0 aromatic heterocycles. The molecule has 1 aliphatic heterocycles. The van der Waals surface area contributed by atoms with Crippen molar-refractivity contribution in [2.75, 3.05) is 33.7 Å². The molecule has 4 nitrogen and oxygen atoms in total. The first kappa shape index (κ1) is 9.48. The SMILES string of the molecule is CNCCC1CN(C)CC(=O)N1. The maximum atomic E-state index is 11.1. The summed E-state index contributed by atoms with van der Waals surface area (Å²) in [7, 11) is 3.90. The molecule has 70 valence electrons. The topological polar surface area (TPSA) is 44.4 Å². The molecular weight excluding hydrogens is 154 g/mol. The molecule has 4 heteroatoms. The molecule has 1 fully saturated rings. The second-order valence-electron chi connectivity index (χ2n) is 3.35. The highest BCUT2D eigenvalue weighted by atomic mass is 16.2. The van der Waals surface area contributed by atoms with E-state index in [1.807, 2.05) is 14.1 Å². The van der Waals surface area contributed by atoms with Crippen LogP contribution < -0.4 is 10.6 Å². The molecular formula is C8H17N3O. The number of likely N-dealkylation sites (N-methyl/N-ethyl adjacent to an activating group) is 1. The maximum Gasteiger partial charge on any atom is 0.234 e. The predicted molar refractivity (Wildman–Crippen MR) is 48.0 cm³/mol. The normalized spacial score (nSPS) is 25.5. The van der Waals surface area contributed by atoms with Crippen LogP contribution in [-0.4, -0.2) is 50.6 Å². The van der Waals surface area contributed by atoms with Crippen molar-refractivity contribution in [3.05, 3.63) is 0 Å². The number of carbonyl (C=O) groups is 1. The van der Waals surface area contributed by atoms with Gasteiger partial charge in [-0.05, 0) is 27.1 Å². The molecule has 0 aromatic carbocycles. The van der Waals surface area contributed by atoms with Crippen molar-refractivity contribution in [3.8, 4) is 0 Å². The Hall–Kier alpha value is -0.610. The Morgan fingerprint density at radius 3 is 3.08 bits per heavy atom. The van der Waals surface area contributed by atoms with Crippen molar-refractivity contribution in [1.29, 1.82) is 0 Å². The highest BCUT2D eigenvalue weighted by Crippen LogP contribution is 1.99. The summed E-state index contributed by atoms with van der Waals surface area (Å²) in [6.45, 7) is 2.46. The van der Waals surface area contributed by atoms with E-state index in [0.717, 1.165) is 19.5 Å². The second kappa shape index (κ2) is 4.42. The average Bonchev–Trinajstić information content (AvgIpc) is 1.99. The number of hydrogen-bond donors (Lipinski definition) is 2. The van der Waals surface area contributed by atoms with Crippen LogP contribution in [0.3, 0.4) is 0 Å². The molecule has 2 N–H and O–H groups in total. The number of nitrogens with one attached hydrogen (secondary N) is 2. The minimum Gasteiger partial charge on any atom is -0.351 e. The number of piperazine rings is 1. The summed E-state index contributed by atoms with van der Waals surface area (Å²) in [4.78, 5) is 13.1. The summed E-state index contributed by atoms with van der Waals surface area (Å²) >= 11 is 0. The minimum atomic E-state index is 0.143. The Balaban J connectivity index is 2.29. The highest BCUT2D eigenvalue weighted by molar-refractivity contribution is 5.79. The molecule has 0 spiro atoms. The third-order valence-electron chi connectivity index (χ3n) is 2.05. The first-order valence-corrected chi connectivity index (χ1v) is 4.35. The molecule has 0 saturated carbocycles. The molecule has 0 bridgehead atoms. The van der Waals surface area contributed by atoms with Crippen LogP contribution in [0.5, 0.6) is 0 Å². The predicted octanol–water partition coefficient (Wildman–Crippen LogP) is -0.974. The van der Waals surface area contributed by atoms with Gasteiger partial charge in [0.05, 0.1) is 6.54 Å². The van der Waals surface area contributed by atoms with Crippen LogP contribution in [0, 0.1) is 0 Å². The Morgan fingerprint density at radius 1 is 1.75 bits per heavy atom. The van der Waals surface area contributed by atoms with Crippen LogP contribution >= 0.6 is 0 Å². The van der Waals surface area contributed by atoms with E-state index in [4.69, 9.17) is 0 Å². The van der Waals surface area contributed by atoms with Crippen LogP contribution in [0.25, 0.3) is 0 Å². The Labute approximate surface area is 73.3 Å². The van der Waals surface area contributed by atoms with Crippen molar-refractivity contribution in [2.24, 2.45) is 0 Å². The van der Waals surface area contributed by atoms with Gasteiger partial charge in [0.2, 0.25) is 5.91 Å². The lowest BCUT2D eigenvalue weighted by atomic mass is 10.1. The molecule has 1 unspecified atom stereocenters. The third-order valence-corrected chi connectivity index (χ3v) is 2.05. The van der Waals surface area contributed by atoms with E-state index in [1.54, 1.807) is 0 Å². The van der Waals surface area contributed by atoms with E-state index in [-0.39, 0.29) is 5.91 Å². The Kier molecular flexibility index (Phi) is 3.49. The lowest BCUT2D eigenvalue weighted by molar-refractivity contribution is -0.125. The largest absolute Gasteiger partial charge is 0.351 e. The number of amides is 1. The lowest BCUT2D eigenvalue weighted by Crippen LogP contribution is -2.53. The average molecular weight is 171 g/mol. The fraction of sp³-hybridized carbons (Fsp3) is 0.875. The van der Waals surface area contributed by atoms with Crippen LogP contribution in [0.2, 0.25) is 0 Å². The summed E-state index contributed by atoms with van der Waals surface area (Å²) in [6, 6.07) is 0.323. The zero-order valence-electron chi connectivity index (χ0n) is 7.76. The maximum absolute atomic E-state index is 11.1. The van der Waals surface area contributed by atoms with Gasteiger partial charge in [-0.2, -0.15) is 0 Å². The van der Waals surface area contributed by atoms with Gasteiger partial charge in [-0.3, -0.25) is 9.69 Å². The smallest absolute Gasteiger partial charge is 0.234 e. The molecule has 1 rings (SSSR count). The van der Waals surface area contributed by atoms with Gasteiger partial charge in [0.25, 0.3) is 0 Å². The minimum absolute atomic E-state index is 0.143. The van der Waals surface area contributed by atoms with Crippen molar-refractivity contribution >= 4 is 5.91 Å². The summed E-state index contributed by atoms with van der Waals surface area (Å²) in [5.74, 6) is 0.143. The number of carbonyl (C=O) groups excluding carboxylic acids is 1. The highest BCUT2D eigenvalue weighted by Gasteiger charge is 2.20. The number of nitrogens with zero attached hydrogens (tertiary/aromatic N) is 1. The van der Waals surface area contributed by atoms with Crippen molar-refractivity contribution in [2.45, 2.75) is 12.5 Å². The van der Waals surface area contributed by atoms with Crippen molar-refractivity contribution in [3.63, 3.8) is 0 Å². The lowest BCUT2D eigenvalue weighted by Gasteiger charge is -2.30. The Bertz CT molecular complexity index is 160. The van der Waals surface area contributed by atoms with E-state index in [9.17, 15) is 4.79 Å². The quantitative estimate of drug-likeness (QED) is 0.574. The molecule has 1 heterocycles. The van der Waals surface area contributed by atoms with Crippen LogP contribution in [0.15, 0.2) is 0 Å². The van der Waals surface area contributed by atoms with Gasteiger partial charge < -0.3 is 10.6 Å². The summed E-state index contributed by atoms with van der Waals surface area (Å²) < 4.78 is 0. The van der Waals surface area contributed by atoms with Crippen LogP contribution in [0.4, 0.5) is 0 Å². The van der Waals surface area contributed by atoms with Gasteiger partial charge in [-0.15, -0.1) is 0 Å². The molecule has 0 radical (unpaired) electrons. The number of hydrogen-bond acceptors (Lipinski definition) is 3. The fourth-order valence-corrected chi connectivity index (χ4v) is 1.49. The zero-order valence-corrected chi connectivity index (χ0v) is 7.76. The van der Waals surface area contributed by atoms with Gasteiger partial charge in [-0.25, -0.2) is 0 Å². The molecule has 0 aromatic rings. The molecule has 0 aliphatic carbocycles. The first-order chi connectivity index (χ1) is 5.72. The van der Waals surface area contributed by atoms with E-state index < -0.39 is 0 Å². The van der Waals surface area contributed by atoms with Crippen molar-refractivity contribution < 1.29 is 4.79 Å². The zero-order chi connectivity index (χ0) is 8.97. The summed E-state index contributed by atoms with van der Waals surface area (Å²) in [6.07, 6.45) is 1.01. The van der Waals surface area contributed by atoms with Gasteiger partial charge in [-0.1, -0.05) is 0 Å². The van der Waals surface area contributed by atoms with E-state index >= 15 is 0 Å².